The third-order valence-corrected chi connectivity index (χ3v) is 5.52. The van der Waals surface area contributed by atoms with Gasteiger partial charge in [-0.1, -0.05) is 42.2 Å². The molecule has 2 aromatic carbocycles. The zero-order chi connectivity index (χ0) is 23.5. The van der Waals surface area contributed by atoms with Crippen LogP contribution in [0.2, 0.25) is 0 Å². The van der Waals surface area contributed by atoms with Crippen molar-refractivity contribution < 1.29 is 32.2 Å². The summed E-state index contributed by atoms with van der Waals surface area (Å²) in [5, 5.41) is 2.41. The third-order valence-electron chi connectivity index (χ3n) is 4.36. The molecule has 0 spiro atoms. The number of alkyl halides is 3. The molecule has 0 aromatic heterocycles. The average molecular weight is 519 g/mol. The lowest BCUT2D eigenvalue weighted by Gasteiger charge is -2.15. The van der Waals surface area contributed by atoms with Crippen LogP contribution in [-0.4, -0.2) is 29.3 Å². The molecule has 176 valence electrons. The highest BCUT2D eigenvalue weighted by Crippen LogP contribution is 2.39. The quantitative estimate of drug-likeness (QED) is 0.331. The summed E-state index contributed by atoms with van der Waals surface area (Å²) in [6, 6.07) is 8.82. The van der Waals surface area contributed by atoms with E-state index in [0.29, 0.717) is 5.56 Å². The van der Waals surface area contributed by atoms with Crippen LogP contribution in [0.4, 0.5) is 13.2 Å². The Labute approximate surface area is 203 Å². The van der Waals surface area contributed by atoms with Crippen LogP contribution in [0.15, 0.2) is 47.4 Å². The van der Waals surface area contributed by atoms with Gasteiger partial charge in [0.25, 0.3) is 5.91 Å². The second kappa shape index (κ2) is 11.0. The number of nitrogens with two attached hydrogens (primary N) is 1. The molecular formula is C21H18ClF3N2O4S2. The molecule has 1 fully saturated rings. The summed E-state index contributed by atoms with van der Waals surface area (Å²) in [5.74, 6) is -1.24. The molecule has 3 rings (SSSR count). The van der Waals surface area contributed by atoms with Gasteiger partial charge in [0, 0.05) is 0 Å². The minimum atomic E-state index is -4.68. The highest BCUT2D eigenvalue weighted by atomic mass is 35.5. The molecule has 1 heterocycles. The van der Waals surface area contributed by atoms with Crippen LogP contribution in [0.3, 0.4) is 0 Å². The number of amides is 1. The minimum Gasteiger partial charge on any atom is -0.468 e. The SMILES string of the molecule is COC(=O)[C@@H](N)Cc1ccc(Oc2ccc(/C=C3/SC(=S)NC3=O)cc2C(F)(F)F)cc1.Cl. The van der Waals surface area contributed by atoms with Gasteiger partial charge in [-0.15, -0.1) is 12.4 Å². The molecule has 33 heavy (non-hydrogen) atoms. The normalized spacial score (nSPS) is 15.6. The number of ether oxygens (including phenoxy) is 2. The molecule has 0 unspecified atom stereocenters. The second-order valence-electron chi connectivity index (χ2n) is 6.69. The number of carbonyl (C=O) groups is 2. The number of carbonyl (C=O) groups excluding carboxylic acids is 2. The first-order chi connectivity index (χ1) is 15.1. The molecular weight excluding hydrogens is 501 g/mol. The van der Waals surface area contributed by atoms with Crippen molar-refractivity contribution >= 4 is 58.7 Å². The van der Waals surface area contributed by atoms with Crippen molar-refractivity contribution in [3.63, 3.8) is 0 Å². The minimum absolute atomic E-state index is 0. The van der Waals surface area contributed by atoms with Gasteiger partial charge in [-0.25, -0.2) is 0 Å². The molecule has 1 saturated heterocycles. The summed E-state index contributed by atoms with van der Waals surface area (Å²) >= 11 is 5.86. The van der Waals surface area contributed by atoms with Crippen molar-refractivity contribution in [2.45, 2.75) is 18.6 Å². The number of nitrogens with one attached hydrogen (secondary N) is 1. The number of thioether (sulfide) groups is 1. The topological polar surface area (TPSA) is 90.7 Å². The average Bonchev–Trinajstić information content (AvgIpc) is 3.05. The van der Waals surface area contributed by atoms with Crippen molar-refractivity contribution in [1.82, 2.24) is 5.32 Å². The number of hydrogen-bond donors (Lipinski definition) is 2. The number of halogens is 4. The number of benzene rings is 2. The molecule has 0 saturated carbocycles. The molecule has 6 nitrogen and oxygen atoms in total. The Hall–Kier alpha value is -2.60. The first-order valence-electron chi connectivity index (χ1n) is 9.13. The Balaban J connectivity index is 0.00000385. The van der Waals surface area contributed by atoms with Crippen LogP contribution >= 0.6 is 36.4 Å². The maximum absolute atomic E-state index is 13.6. The number of esters is 1. The van der Waals surface area contributed by atoms with E-state index in [2.05, 4.69) is 10.1 Å². The lowest BCUT2D eigenvalue weighted by atomic mass is 10.1. The zero-order valence-electron chi connectivity index (χ0n) is 17.0. The van der Waals surface area contributed by atoms with Crippen molar-refractivity contribution in [1.29, 1.82) is 0 Å². The van der Waals surface area contributed by atoms with Gasteiger partial charge in [0.05, 0.1) is 17.6 Å². The number of hydrogen-bond acceptors (Lipinski definition) is 7. The molecule has 0 bridgehead atoms. The van der Waals surface area contributed by atoms with Crippen LogP contribution in [-0.2, 0) is 26.9 Å². The smallest absolute Gasteiger partial charge is 0.420 e. The fourth-order valence-corrected chi connectivity index (χ4v) is 3.87. The molecule has 0 radical (unpaired) electrons. The fraction of sp³-hybridized carbons (Fsp3) is 0.190. The highest BCUT2D eigenvalue weighted by molar-refractivity contribution is 8.26. The third kappa shape index (κ3) is 6.94. The second-order valence-corrected chi connectivity index (χ2v) is 8.40. The van der Waals surface area contributed by atoms with E-state index in [-0.39, 0.29) is 39.4 Å². The Bertz CT molecular complexity index is 1090. The standard InChI is InChI=1S/C21H17F3N2O4S2.ClH/c1-29-19(28)15(25)9-11-2-5-13(6-3-11)30-16-7-4-12(8-14(16)21(22,23)24)10-17-18(27)26-20(31)32-17;/h2-8,10,15H,9,25H2,1H3,(H,26,27,31);1H/b17-10+;/t15-;/m0./s1. The summed E-state index contributed by atoms with van der Waals surface area (Å²) in [5.41, 5.74) is 5.59. The fourth-order valence-electron chi connectivity index (χ4n) is 2.83. The van der Waals surface area contributed by atoms with Crippen molar-refractivity contribution in [2.75, 3.05) is 7.11 Å². The number of rotatable bonds is 6. The van der Waals surface area contributed by atoms with E-state index in [1.165, 1.54) is 37.5 Å². The summed E-state index contributed by atoms with van der Waals surface area (Å²) in [6.45, 7) is 0. The van der Waals surface area contributed by atoms with Gasteiger partial charge in [-0.05, 0) is 47.9 Å². The monoisotopic (exact) mass is 518 g/mol. The van der Waals surface area contributed by atoms with E-state index in [4.69, 9.17) is 22.7 Å². The van der Waals surface area contributed by atoms with Gasteiger partial charge in [0.2, 0.25) is 0 Å². The van der Waals surface area contributed by atoms with Crippen molar-refractivity contribution in [2.24, 2.45) is 5.73 Å². The first kappa shape index (κ1) is 26.7. The summed E-state index contributed by atoms with van der Waals surface area (Å²) in [6.07, 6.45) is -3.14. The lowest BCUT2D eigenvalue weighted by Crippen LogP contribution is -2.33. The van der Waals surface area contributed by atoms with Gasteiger partial charge < -0.3 is 20.5 Å². The van der Waals surface area contributed by atoms with E-state index in [1.807, 2.05) is 0 Å². The summed E-state index contributed by atoms with van der Waals surface area (Å²) in [4.78, 5) is 23.4. The van der Waals surface area contributed by atoms with Crippen LogP contribution in [0.5, 0.6) is 11.5 Å². The number of thiocarbonyl (C=S) groups is 1. The lowest BCUT2D eigenvalue weighted by molar-refractivity contribution is -0.142. The van der Waals surface area contributed by atoms with Crippen molar-refractivity contribution in [3.8, 4) is 11.5 Å². The van der Waals surface area contributed by atoms with E-state index in [9.17, 15) is 22.8 Å². The van der Waals surface area contributed by atoms with Crippen LogP contribution < -0.4 is 15.8 Å². The summed E-state index contributed by atoms with van der Waals surface area (Å²) < 4.78 is 51.2. The highest BCUT2D eigenvalue weighted by Gasteiger charge is 2.35. The van der Waals surface area contributed by atoms with Gasteiger partial charge in [-0.3, -0.25) is 9.59 Å². The molecule has 2 aromatic rings. The van der Waals surface area contributed by atoms with Gasteiger partial charge >= 0.3 is 12.1 Å². The molecule has 3 N–H and O–H groups in total. The van der Waals surface area contributed by atoms with Crippen molar-refractivity contribution in [3.05, 3.63) is 64.1 Å². The molecule has 1 amide bonds. The van der Waals surface area contributed by atoms with Crippen LogP contribution in [0.1, 0.15) is 16.7 Å². The Kier molecular flexibility index (Phi) is 8.89. The molecule has 1 aliphatic rings. The van der Waals surface area contributed by atoms with Gasteiger partial charge in [-0.2, -0.15) is 13.2 Å². The molecule has 12 heteroatoms. The van der Waals surface area contributed by atoms with E-state index in [1.54, 1.807) is 12.1 Å². The van der Waals surface area contributed by atoms with Gasteiger partial charge in [0.15, 0.2) is 0 Å². The van der Waals surface area contributed by atoms with E-state index >= 15 is 0 Å². The molecule has 1 aliphatic heterocycles. The Morgan fingerprint density at radius 2 is 1.91 bits per heavy atom. The molecule has 0 aliphatic carbocycles. The van der Waals surface area contributed by atoms with Gasteiger partial charge in [0.1, 0.15) is 21.9 Å². The maximum atomic E-state index is 13.6. The van der Waals surface area contributed by atoms with Crippen LogP contribution in [0.25, 0.3) is 6.08 Å². The maximum Gasteiger partial charge on any atom is 0.420 e. The Morgan fingerprint density at radius 1 is 1.24 bits per heavy atom. The predicted molar refractivity (Wildman–Crippen MR) is 125 cm³/mol. The predicted octanol–water partition coefficient (Wildman–Crippen LogP) is 4.45. The number of methoxy groups -OCH3 is 1. The largest absolute Gasteiger partial charge is 0.468 e. The Morgan fingerprint density at radius 3 is 2.45 bits per heavy atom. The molecule has 1 atom stereocenters. The zero-order valence-corrected chi connectivity index (χ0v) is 19.4. The van der Waals surface area contributed by atoms with E-state index in [0.717, 1.165) is 17.8 Å². The summed E-state index contributed by atoms with van der Waals surface area (Å²) in [7, 11) is 1.23. The van der Waals surface area contributed by atoms with E-state index < -0.39 is 35.4 Å². The first-order valence-corrected chi connectivity index (χ1v) is 10.4. The van der Waals surface area contributed by atoms with Crippen LogP contribution in [0, 0.1) is 0 Å².